The van der Waals surface area contributed by atoms with Crippen molar-refractivity contribution in [2.45, 2.75) is 18.9 Å². The first-order valence-electron chi connectivity index (χ1n) is 6.80. The highest BCUT2D eigenvalue weighted by Crippen LogP contribution is 2.21. The second-order valence-electron chi connectivity index (χ2n) is 4.97. The molecule has 1 aromatic carbocycles. The number of benzene rings is 1. The van der Waals surface area contributed by atoms with Crippen LogP contribution in [0.2, 0.25) is 0 Å². The molecule has 1 amide bonds. The van der Waals surface area contributed by atoms with E-state index in [0.717, 1.165) is 44.8 Å². The Morgan fingerprint density at radius 2 is 2.05 bits per heavy atom. The van der Waals surface area contributed by atoms with Crippen LogP contribution in [-0.4, -0.2) is 43.3 Å². The molecule has 2 aliphatic rings. The summed E-state index contributed by atoms with van der Waals surface area (Å²) in [5.74, 6) is 0.0523. The first-order chi connectivity index (χ1) is 9.33. The molecule has 3 rings (SSSR count). The van der Waals surface area contributed by atoms with Crippen LogP contribution in [0.1, 0.15) is 12.0 Å². The third-order valence-corrected chi connectivity index (χ3v) is 3.64. The minimum Gasteiger partial charge on any atom is -0.379 e. The smallest absolute Gasteiger partial charge is 0.242 e. The number of nitrogens with one attached hydrogen (secondary N) is 2. The van der Waals surface area contributed by atoms with E-state index in [1.54, 1.807) is 0 Å². The van der Waals surface area contributed by atoms with Gasteiger partial charge >= 0.3 is 0 Å². The average molecular weight is 261 g/mol. The Balaban J connectivity index is 1.66. The normalized spacial score (nSPS) is 24.4. The minimum absolute atomic E-state index is 0.0523. The fourth-order valence-corrected chi connectivity index (χ4v) is 2.55. The van der Waals surface area contributed by atoms with Gasteiger partial charge in [0.05, 0.1) is 13.2 Å². The van der Waals surface area contributed by atoms with E-state index >= 15 is 0 Å². The van der Waals surface area contributed by atoms with Crippen molar-refractivity contribution in [2.75, 3.05) is 31.6 Å². The number of fused-ring (bicyclic) bond motifs is 1. The van der Waals surface area contributed by atoms with Crippen LogP contribution in [0.5, 0.6) is 0 Å². The highest BCUT2D eigenvalue weighted by Gasteiger charge is 2.25. The zero-order valence-electron chi connectivity index (χ0n) is 10.9. The lowest BCUT2D eigenvalue weighted by atomic mass is 10.1. The SMILES string of the molecule is O=C1Nc2ccccc2CCC1NN1CCOCC1. The molecule has 0 radical (unpaired) electrons. The third kappa shape index (κ3) is 2.94. The number of ether oxygens (including phenoxy) is 1. The van der Waals surface area contributed by atoms with Crippen molar-refractivity contribution >= 4 is 11.6 Å². The van der Waals surface area contributed by atoms with E-state index in [4.69, 9.17) is 4.74 Å². The summed E-state index contributed by atoms with van der Waals surface area (Å²) in [6, 6.07) is 7.85. The molecule has 19 heavy (non-hydrogen) atoms. The maximum atomic E-state index is 12.2. The summed E-state index contributed by atoms with van der Waals surface area (Å²) < 4.78 is 5.31. The lowest BCUT2D eigenvalue weighted by Crippen LogP contribution is -2.53. The van der Waals surface area contributed by atoms with Crippen molar-refractivity contribution in [1.82, 2.24) is 10.4 Å². The van der Waals surface area contributed by atoms with Gasteiger partial charge in [-0.1, -0.05) is 18.2 Å². The molecule has 5 heteroatoms. The summed E-state index contributed by atoms with van der Waals surface area (Å²) in [5.41, 5.74) is 5.48. The molecule has 1 atom stereocenters. The van der Waals surface area contributed by atoms with Gasteiger partial charge in [0.2, 0.25) is 5.91 Å². The fourth-order valence-electron chi connectivity index (χ4n) is 2.55. The van der Waals surface area contributed by atoms with Crippen LogP contribution >= 0.6 is 0 Å². The Kier molecular flexibility index (Phi) is 3.77. The quantitative estimate of drug-likeness (QED) is 0.826. The summed E-state index contributed by atoms with van der Waals surface area (Å²) >= 11 is 0. The highest BCUT2D eigenvalue weighted by molar-refractivity contribution is 5.96. The van der Waals surface area contributed by atoms with Crippen molar-refractivity contribution in [1.29, 1.82) is 0 Å². The van der Waals surface area contributed by atoms with Crippen LogP contribution in [0, 0.1) is 0 Å². The molecule has 2 aliphatic heterocycles. The van der Waals surface area contributed by atoms with Gasteiger partial charge in [-0.2, -0.15) is 0 Å². The molecule has 0 bridgehead atoms. The van der Waals surface area contributed by atoms with E-state index < -0.39 is 0 Å². The van der Waals surface area contributed by atoms with Gasteiger partial charge in [-0.3, -0.25) is 4.79 Å². The van der Waals surface area contributed by atoms with E-state index in [9.17, 15) is 4.79 Å². The zero-order chi connectivity index (χ0) is 13.1. The Labute approximate surface area is 112 Å². The van der Waals surface area contributed by atoms with Crippen molar-refractivity contribution in [3.63, 3.8) is 0 Å². The van der Waals surface area contributed by atoms with Gasteiger partial charge < -0.3 is 10.1 Å². The van der Waals surface area contributed by atoms with Gasteiger partial charge in [-0.05, 0) is 24.5 Å². The molecule has 1 saturated heterocycles. The lowest BCUT2D eigenvalue weighted by Gasteiger charge is -2.30. The van der Waals surface area contributed by atoms with Crippen LogP contribution < -0.4 is 10.7 Å². The third-order valence-electron chi connectivity index (χ3n) is 3.64. The Bertz CT molecular complexity index is 458. The largest absolute Gasteiger partial charge is 0.379 e. The molecule has 0 aromatic heterocycles. The molecule has 0 spiro atoms. The number of hydrogen-bond donors (Lipinski definition) is 2. The lowest BCUT2D eigenvalue weighted by molar-refractivity contribution is -0.120. The summed E-state index contributed by atoms with van der Waals surface area (Å²) in [6.07, 6.45) is 1.73. The van der Waals surface area contributed by atoms with Crippen LogP contribution in [-0.2, 0) is 16.0 Å². The number of amides is 1. The fraction of sp³-hybridized carbons (Fsp3) is 0.500. The highest BCUT2D eigenvalue weighted by atomic mass is 16.5. The molecular formula is C14H19N3O2. The molecule has 1 aromatic rings. The minimum atomic E-state index is -0.162. The van der Waals surface area contributed by atoms with Gasteiger partial charge in [-0.15, -0.1) is 0 Å². The molecule has 1 fully saturated rings. The van der Waals surface area contributed by atoms with Gasteiger partial charge in [0.25, 0.3) is 0 Å². The molecule has 2 heterocycles. The monoisotopic (exact) mass is 261 g/mol. The maximum Gasteiger partial charge on any atom is 0.242 e. The second kappa shape index (κ2) is 5.69. The number of carbonyl (C=O) groups is 1. The van der Waals surface area contributed by atoms with Gasteiger partial charge in [0.15, 0.2) is 0 Å². The van der Waals surface area contributed by atoms with E-state index in [1.165, 1.54) is 5.56 Å². The van der Waals surface area contributed by atoms with Crippen molar-refractivity contribution in [3.8, 4) is 0 Å². The van der Waals surface area contributed by atoms with E-state index in [-0.39, 0.29) is 11.9 Å². The standard InChI is InChI=1S/C14H19N3O2/c18-14-13(16-17-7-9-19-10-8-17)6-5-11-3-1-2-4-12(11)15-14/h1-4,13,16H,5-10H2,(H,15,18). The molecule has 0 aliphatic carbocycles. The van der Waals surface area contributed by atoms with Crippen LogP contribution in [0.4, 0.5) is 5.69 Å². The second-order valence-corrected chi connectivity index (χ2v) is 4.97. The number of hydrazine groups is 1. The summed E-state index contributed by atoms with van der Waals surface area (Å²) in [7, 11) is 0. The molecule has 102 valence electrons. The number of nitrogens with zero attached hydrogens (tertiary/aromatic N) is 1. The first-order valence-corrected chi connectivity index (χ1v) is 6.80. The molecule has 2 N–H and O–H groups in total. The Hall–Kier alpha value is -1.43. The number of morpholine rings is 1. The Morgan fingerprint density at radius 3 is 2.89 bits per heavy atom. The van der Waals surface area contributed by atoms with Crippen LogP contribution in [0.25, 0.3) is 0 Å². The van der Waals surface area contributed by atoms with Gasteiger partial charge in [0.1, 0.15) is 6.04 Å². The van der Waals surface area contributed by atoms with Crippen molar-refractivity contribution in [2.24, 2.45) is 0 Å². The number of rotatable bonds is 2. The summed E-state index contributed by atoms with van der Waals surface area (Å²) in [4.78, 5) is 12.2. The predicted octanol–water partition coefficient (Wildman–Crippen LogP) is 0.777. The summed E-state index contributed by atoms with van der Waals surface area (Å²) in [6.45, 7) is 3.11. The summed E-state index contributed by atoms with van der Waals surface area (Å²) in [5, 5.41) is 5.09. The van der Waals surface area contributed by atoms with Gasteiger partial charge in [-0.25, -0.2) is 10.4 Å². The van der Waals surface area contributed by atoms with Gasteiger partial charge in [0, 0.05) is 18.8 Å². The van der Waals surface area contributed by atoms with Crippen molar-refractivity contribution < 1.29 is 9.53 Å². The number of anilines is 1. The number of hydrogen-bond acceptors (Lipinski definition) is 4. The van der Waals surface area contributed by atoms with E-state index in [2.05, 4.69) is 21.8 Å². The Morgan fingerprint density at radius 1 is 1.26 bits per heavy atom. The predicted molar refractivity (Wildman–Crippen MR) is 72.7 cm³/mol. The van der Waals surface area contributed by atoms with E-state index in [0.29, 0.717) is 0 Å². The molecule has 5 nitrogen and oxygen atoms in total. The van der Waals surface area contributed by atoms with E-state index in [1.807, 2.05) is 18.2 Å². The molecule has 1 unspecified atom stereocenters. The zero-order valence-corrected chi connectivity index (χ0v) is 10.9. The van der Waals surface area contributed by atoms with Crippen molar-refractivity contribution in [3.05, 3.63) is 29.8 Å². The van der Waals surface area contributed by atoms with Crippen LogP contribution in [0.15, 0.2) is 24.3 Å². The topological polar surface area (TPSA) is 53.6 Å². The molecular weight excluding hydrogens is 242 g/mol. The number of para-hydroxylation sites is 1. The maximum absolute atomic E-state index is 12.2. The molecule has 0 saturated carbocycles. The number of aryl methyl sites for hydroxylation is 1. The average Bonchev–Trinajstić information content (AvgIpc) is 2.60. The number of carbonyl (C=O) groups excluding carboxylic acids is 1. The first kappa shape index (κ1) is 12.6. The van der Waals surface area contributed by atoms with Crippen LogP contribution in [0.3, 0.4) is 0 Å².